The number of carboxylic acid groups (broad SMARTS) is 1. The number of benzene rings is 1. The molecule has 0 bridgehead atoms. The van der Waals surface area contributed by atoms with Crippen LogP contribution in [0.4, 0.5) is 28.0 Å². The summed E-state index contributed by atoms with van der Waals surface area (Å²) < 4.78 is 52.5. The van der Waals surface area contributed by atoms with E-state index < -0.39 is 51.6 Å². The summed E-state index contributed by atoms with van der Waals surface area (Å²) in [5.74, 6) is -3.30. The number of alkyl halides is 3. The van der Waals surface area contributed by atoms with E-state index in [2.05, 4.69) is 5.32 Å². The van der Waals surface area contributed by atoms with Crippen molar-refractivity contribution in [3.8, 4) is 0 Å². The molecule has 1 heterocycles. The largest absolute Gasteiger partial charge is 0.511 e. The number of carbonyl (C=O) groups is 2. The van der Waals surface area contributed by atoms with Gasteiger partial charge in [-0.1, -0.05) is 18.3 Å². The third-order valence-electron chi connectivity index (χ3n) is 3.32. The maximum atomic E-state index is 13.5. The van der Waals surface area contributed by atoms with E-state index in [4.69, 9.17) is 17.3 Å². The number of carbonyl (C=O) groups excluding carboxylic acids is 1. The predicted octanol–water partition coefficient (Wildman–Crippen LogP) is 3.31. The van der Waals surface area contributed by atoms with Crippen LogP contribution in [0.2, 0.25) is 0 Å². The van der Waals surface area contributed by atoms with E-state index >= 15 is 0 Å². The first-order valence-corrected chi connectivity index (χ1v) is 7.08. The normalized spacial score (nSPS) is 15.4. The zero-order valence-electron chi connectivity index (χ0n) is 12.2. The van der Waals surface area contributed by atoms with Crippen LogP contribution in [0, 0.1) is 5.82 Å². The zero-order chi connectivity index (χ0) is 18.9. The summed E-state index contributed by atoms with van der Waals surface area (Å²) in [5.41, 5.74) is -3.05. The van der Waals surface area contributed by atoms with E-state index in [9.17, 15) is 32.3 Å². The minimum Gasteiger partial charge on any atom is -0.511 e. The lowest BCUT2D eigenvalue weighted by Crippen LogP contribution is -2.43. The van der Waals surface area contributed by atoms with E-state index in [1.807, 2.05) is 0 Å². The van der Waals surface area contributed by atoms with Gasteiger partial charge in [-0.15, -0.1) is 0 Å². The Hall–Kier alpha value is -2.69. The molecule has 0 unspecified atom stereocenters. The molecular weight excluding hydrogens is 368 g/mol. The predicted molar refractivity (Wildman–Crippen MR) is 81.6 cm³/mol. The van der Waals surface area contributed by atoms with Crippen LogP contribution in [-0.2, 0) is 11.0 Å². The molecule has 2 amide bonds. The first-order valence-electron chi connectivity index (χ1n) is 6.68. The molecule has 2 rings (SSSR count). The summed E-state index contributed by atoms with van der Waals surface area (Å²) in [6, 6.07) is 2.49. The lowest BCUT2D eigenvalue weighted by molar-refractivity contribution is -0.139. The molecule has 0 atom stereocenters. The van der Waals surface area contributed by atoms with Crippen molar-refractivity contribution < 1.29 is 37.4 Å². The highest BCUT2D eigenvalue weighted by Crippen LogP contribution is 2.37. The Kier molecular flexibility index (Phi) is 4.97. The maximum Gasteiger partial charge on any atom is 0.421 e. The molecule has 11 heteroatoms. The van der Waals surface area contributed by atoms with Crippen LogP contribution in [-0.4, -0.2) is 38.6 Å². The van der Waals surface area contributed by atoms with Gasteiger partial charge in [0.15, 0.2) is 0 Å². The molecule has 0 aromatic heterocycles. The number of hydrogen-bond donors (Lipinski definition) is 3. The quantitative estimate of drug-likeness (QED) is 0.541. The number of nitrogens with zero attached hydrogens (tertiary/aromatic N) is 1. The SMILES string of the molecule is O=C(O)N1CCC(O)=C(C(=S)Nc2cccc(F)c2C(F)(F)F)C1=O. The first-order chi connectivity index (χ1) is 11.5. The van der Waals surface area contributed by atoms with Gasteiger partial charge >= 0.3 is 12.3 Å². The smallest absolute Gasteiger partial charge is 0.421 e. The van der Waals surface area contributed by atoms with E-state index in [-0.39, 0.29) is 13.0 Å². The molecular formula is C14H10F4N2O4S. The topological polar surface area (TPSA) is 89.9 Å². The Morgan fingerprint density at radius 2 is 1.96 bits per heavy atom. The third-order valence-corrected chi connectivity index (χ3v) is 3.63. The number of anilines is 1. The van der Waals surface area contributed by atoms with Crippen molar-refractivity contribution in [2.75, 3.05) is 11.9 Å². The van der Waals surface area contributed by atoms with Gasteiger partial charge in [0.1, 0.15) is 27.7 Å². The van der Waals surface area contributed by atoms with Crippen molar-refractivity contribution in [1.82, 2.24) is 4.90 Å². The molecule has 6 nitrogen and oxygen atoms in total. The lowest BCUT2D eigenvalue weighted by Gasteiger charge is -2.25. The summed E-state index contributed by atoms with van der Waals surface area (Å²) in [5, 5.41) is 20.8. The van der Waals surface area contributed by atoms with Gasteiger partial charge in [-0.2, -0.15) is 13.2 Å². The number of nitrogens with one attached hydrogen (secondary N) is 1. The molecule has 0 saturated heterocycles. The molecule has 0 aliphatic carbocycles. The average molecular weight is 378 g/mol. The van der Waals surface area contributed by atoms with Gasteiger partial charge in [0.05, 0.1) is 5.69 Å². The number of aliphatic hydroxyl groups excluding tert-OH is 1. The molecule has 1 aliphatic heterocycles. The van der Waals surface area contributed by atoms with E-state index in [0.29, 0.717) is 11.0 Å². The Balaban J connectivity index is 2.39. The second kappa shape index (κ2) is 6.67. The number of amides is 2. The van der Waals surface area contributed by atoms with Crippen LogP contribution in [0.3, 0.4) is 0 Å². The maximum absolute atomic E-state index is 13.5. The van der Waals surface area contributed by atoms with E-state index in [1.165, 1.54) is 0 Å². The van der Waals surface area contributed by atoms with Gasteiger partial charge in [0.25, 0.3) is 5.91 Å². The van der Waals surface area contributed by atoms with Crippen LogP contribution < -0.4 is 5.32 Å². The van der Waals surface area contributed by atoms with Gasteiger partial charge < -0.3 is 15.5 Å². The van der Waals surface area contributed by atoms with Gasteiger partial charge in [-0.3, -0.25) is 4.79 Å². The van der Waals surface area contributed by atoms with Crippen molar-refractivity contribution in [2.24, 2.45) is 0 Å². The summed E-state index contributed by atoms with van der Waals surface area (Å²) in [6.07, 6.45) is -6.88. The molecule has 0 spiro atoms. The highest BCUT2D eigenvalue weighted by Gasteiger charge is 2.38. The van der Waals surface area contributed by atoms with Gasteiger partial charge in [0, 0.05) is 13.0 Å². The Morgan fingerprint density at radius 1 is 1.32 bits per heavy atom. The summed E-state index contributed by atoms with van der Waals surface area (Å²) >= 11 is 4.82. The molecule has 3 N–H and O–H groups in total. The molecule has 134 valence electrons. The second-order valence-corrected chi connectivity index (χ2v) is 5.33. The molecule has 1 aliphatic rings. The Labute approximate surface area is 143 Å². The standard InChI is InChI=1S/C14H10F4N2O4S/c15-6-2-1-3-7(10(6)14(16,17)18)19-11(25)9-8(21)4-5-20(12(9)22)13(23)24/h1-3,21H,4-5H2,(H,19,25)(H,23,24). The zero-order valence-corrected chi connectivity index (χ0v) is 13.0. The minimum atomic E-state index is -5.04. The van der Waals surface area contributed by atoms with Crippen molar-refractivity contribution in [3.63, 3.8) is 0 Å². The van der Waals surface area contributed by atoms with Crippen molar-refractivity contribution >= 4 is 34.9 Å². The summed E-state index contributed by atoms with van der Waals surface area (Å²) in [6.45, 7) is -0.320. The first kappa shape index (κ1) is 18.6. The van der Waals surface area contributed by atoms with Crippen LogP contribution in [0.5, 0.6) is 0 Å². The van der Waals surface area contributed by atoms with Crippen LogP contribution in [0.15, 0.2) is 29.5 Å². The number of rotatable bonds is 2. The van der Waals surface area contributed by atoms with Crippen LogP contribution >= 0.6 is 12.2 Å². The Morgan fingerprint density at radius 3 is 2.52 bits per heavy atom. The minimum absolute atomic E-state index is 0.246. The van der Waals surface area contributed by atoms with Gasteiger partial charge in [-0.25, -0.2) is 14.1 Å². The highest BCUT2D eigenvalue weighted by molar-refractivity contribution is 7.81. The summed E-state index contributed by atoms with van der Waals surface area (Å²) in [7, 11) is 0. The van der Waals surface area contributed by atoms with E-state index in [0.717, 1.165) is 12.1 Å². The van der Waals surface area contributed by atoms with Crippen molar-refractivity contribution in [3.05, 3.63) is 40.9 Å². The summed E-state index contributed by atoms with van der Waals surface area (Å²) in [4.78, 5) is 22.7. The number of imide groups is 1. The molecule has 0 saturated carbocycles. The monoisotopic (exact) mass is 378 g/mol. The highest BCUT2D eigenvalue weighted by atomic mass is 32.1. The number of thiocarbonyl (C=S) groups is 1. The van der Waals surface area contributed by atoms with Gasteiger partial charge in [0.2, 0.25) is 0 Å². The second-order valence-electron chi connectivity index (χ2n) is 4.93. The third kappa shape index (κ3) is 3.71. The molecule has 1 aromatic rings. The number of aliphatic hydroxyl groups is 1. The van der Waals surface area contributed by atoms with Crippen LogP contribution in [0.25, 0.3) is 0 Å². The molecule has 25 heavy (non-hydrogen) atoms. The number of hydrogen-bond acceptors (Lipinski definition) is 4. The van der Waals surface area contributed by atoms with Crippen LogP contribution in [0.1, 0.15) is 12.0 Å². The van der Waals surface area contributed by atoms with Crippen molar-refractivity contribution in [1.29, 1.82) is 0 Å². The van der Waals surface area contributed by atoms with Crippen molar-refractivity contribution in [2.45, 2.75) is 12.6 Å². The average Bonchev–Trinajstić information content (AvgIpc) is 2.45. The number of halogens is 4. The van der Waals surface area contributed by atoms with E-state index in [1.54, 1.807) is 0 Å². The molecule has 1 aromatic carbocycles. The molecule has 0 radical (unpaired) electrons. The lowest BCUT2D eigenvalue weighted by atomic mass is 10.1. The molecule has 0 fully saturated rings. The Bertz CT molecular complexity index is 792. The fourth-order valence-electron chi connectivity index (χ4n) is 2.21. The van der Waals surface area contributed by atoms with Gasteiger partial charge in [-0.05, 0) is 12.1 Å². The fourth-order valence-corrected chi connectivity index (χ4v) is 2.53. The fraction of sp³-hybridized carbons (Fsp3) is 0.214.